The fourth-order valence-corrected chi connectivity index (χ4v) is 2.43. The topological polar surface area (TPSA) is 56.3 Å². The van der Waals surface area contributed by atoms with E-state index in [0.29, 0.717) is 12.1 Å². The molecular weight excluding hydrogens is 204 g/mol. The minimum Gasteiger partial charge on any atom is -0.396 e. The zero-order valence-electron chi connectivity index (χ0n) is 9.59. The third-order valence-electron chi connectivity index (χ3n) is 3.66. The van der Waals surface area contributed by atoms with E-state index < -0.39 is 0 Å². The fourth-order valence-electron chi connectivity index (χ4n) is 2.43. The molecular formula is C11H18N4O. The van der Waals surface area contributed by atoms with E-state index in [9.17, 15) is 0 Å². The average Bonchev–Trinajstić information content (AvgIpc) is 2.73. The first kappa shape index (κ1) is 10.1. The molecule has 2 saturated heterocycles. The predicted molar refractivity (Wildman–Crippen MR) is 61.2 cm³/mol. The highest BCUT2D eigenvalue weighted by Crippen LogP contribution is 2.26. The Hall–Kier alpha value is -1.07. The van der Waals surface area contributed by atoms with Crippen LogP contribution in [0, 0.1) is 6.92 Å². The van der Waals surface area contributed by atoms with Crippen molar-refractivity contribution in [3.8, 4) is 0 Å². The minimum absolute atomic E-state index is 0.483. The van der Waals surface area contributed by atoms with Crippen LogP contribution in [0.15, 0.2) is 6.20 Å². The summed E-state index contributed by atoms with van der Waals surface area (Å²) in [5, 5.41) is 4.46. The molecule has 5 heteroatoms. The highest BCUT2D eigenvalue weighted by atomic mass is 16.5. The molecule has 2 N–H and O–H groups in total. The number of ether oxygens (including phenoxy) is 1. The van der Waals surface area contributed by atoms with Crippen molar-refractivity contribution >= 4 is 5.69 Å². The molecule has 0 aromatic carbocycles. The first-order valence-electron chi connectivity index (χ1n) is 5.87. The standard InChI is InChI=1S/C11H18N4O/c1-8-11(12)5-15(13-8)9-2-3-14(4-9)10-6-16-7-10/h5,9-10H,2-4,6-7,12H2,1H3/t9-/m0/s1. The quantitative estimate of drug-likeness (QED) is 0.788. The molecule has 3 heterocycles. The Labute approximate surface area is 95.2 Å². The van der Waals surface area contributed by atoms with Crippen LogP contribution in [0.1, 0.15) is 18.2 Å². The maximum atomic E-state index is 5.82. The number of nitrogens with two attached hydrogens (primary N) is 1. The molecule has 2 aliphatic heterocycles. The maximum absolute atomic E-state index is 5.82. The molecule has 0 aliphatic carbocycles. The summed E-state index contributed by atoms with van der Waals surface area (Å²) in [7, 11) is 0. The first-order valence-corrected chi connectivity index (χ1v) is 5.87. The summed E-state index contributed by atoms with van der Waals surface area (Å²) in [4.78, 5) is 2.50. The zero-order valence-corrected chi connectivity index (χ0v) is 9.59. The second kappa shape index (κ2) is 3.75. The number of likely N-dealkylation sites (tertiary alicyclic amines) is 1. The molecule has 2 aliphatic rings. The van der Waals surface area contributed by atoms with Gasteiger partial charge in [0.15, 0.2) is 0 Å². The van der Waals surface area contributed by atoms with E-state index in [-0.39, 0.29) is 0 Å². The molecule has 0 radical (unpaired) electrons. The molecule has 0 spiro atoms. The maximum Gasteiger partial charge on any atom is 0.0823 e. The van der Waals surface area contributed by atoms with Gasteiger partial charge >= 0.3 is 0 Å². The number of rotatable bonds is 2. The van der Waals surface area contributed by atoms with Crippen molar-refractivity contribution in [3.05, 3.63) is 11.9 Å². The van der Waals surface area contributed by atoms with Gasteiger partial charge in [0.05, 0.1) is 36.7 Å². The van der Waals surface area contributed by atoms with Gasteiger partial charge in [-0.05, 0) is 13.3 Å². The summed E-state index contributed by atoms with van der Waals surface area (Å²) in [6.07, 6.45) is 3.12. The predicted octanol–water partition coefficient (Wildman–Crippen LogP) is 0.419. The SMILES string of the molecule is Cc1nn([C@H]2CCN(C3COC3)C2)cc1N. The lowest BCUT2D eigenvalue weighted by atomic mass is 10.2. The molecule has 2 fully saturated rings. The molecule has 1 aromatic rings. The largest absolute Gasteiger partial charge is 0.396 e. The van der Waals surface area contributed by atoms with Crippen molar-refractivity contribution < 1.29 is 4.74 Å². The van der Waals surface area contributed by atoms with Crippen LogP contribution < -0.4 is 5.73 Å². The van der Waals surface area contributed by atoms with Gasteiger partial charge in [-0.15, -0.1) is 0 Å². The molecule has 1 atom stereocenters. The molecule has 1 aromatic heterocycles. The average molecular weight is 222 g/mol. The van der Waals surface area contributed by atoms with Crippen molar-refractivity contribution in [2.24, 2.45) is 0 Å². The third-order valence-corrected chi connectivity index (χ3v) is 3.66. The van der Waals surface area contributed by atoms with Gasteiger partial charge in [0.1, 0.15) is 0 Å². The third kappa shape index (κ3) is 1.60. The number of nitrogen functional groups attached to an aromatic ring is 1. The van der Waals surface area contributed by atoms with Gasteiger partial charge in [0.2, 0.25) is 0 Å². The highest BCUT2D eigenvalue weighted by molar-refractivity contribution is 5.39. The fraction of sp³-hybridized carbons (Fsp3) is 0.727. The summed E-state index contributed by atoms with van der Waals surface area (Å²) in [5.41, 5.74) is 7.56. The lowest BCUT2D eigenvalue weighted by Crippen LogP contribution is -2.47. The normalized spacial score (nSPS) is 27.2. The minimum atomic E-state index is 0.483. The van der Waals surface area contributed by atoms with Crippen LogP contribution in [0.4, 0.5) is 5.69 Å². The van der Waals surface area contributed by atoms with Crippen LogP contribution in [0.5, 0.6) is 0 Å². The van der Waals surface area contributed by atoms with Crippen molar-refractivity contribution in [2.75, 3.05) is 32.0 Å². The Balaban J connectivity index is 1.68. The lowest BCUT2D eigenvalue weighted by Gasteiger charge is -2.34. The van der Waals surface area contributed by atoms with Crippen LogP contribution in [0.25, 0.3) is 0 Å². The van der Waals surface area contributed by atoms with Gasteiger partial charge in [0, 0.05) is 19.3 Å². The van der Waals surface area contributed by atoms with E-state index in [1.165, 1.54) is 0 Å². The summed E-state index contributed by atoms with van der Waals surface area (Å²) >= 11 is 0. The Morgan fingerprint density at radius 3 is 2.81 bits per heavy atom. The van der Waals surface area contributed by atoms with Crippen molar-refractivity contribution in [2.45, 2.75) is 25.4 Å². The highest BCUT2D eigenvalue weighted by Gasteiger charge is 2.33. The molecule has 16 heavy (non-hydrogen) atoms. The van der Waals surface area contributed by atoms with Crippen molar-refractivity contribution in [3.63, 3.8) is 0 Å². The van der Waals surface area contributed by atoms with E-state index >= 15 is 0 Å². The number of anilines is 1. The Kier molecular flexibility index (Phi) is 2.37. The molecule has 0 unspecified atom stereocenters. The van der Waals surface area contributed by atoms with E-state index in [1.807, 2.05) is 17.8 Å². The summed E-state index contributed by atoms with van der Waals surface area (Å²) in [5.74, 6) is 0. The van der Waals surface area contributed by atoms with Gasteiger partial charge in [-0.2, -0.15) is 5.10 Å². The lowest BCUT2D eigenvalue weighted by molar-refractivity contribution is -0.0579. The van der Waals surface area contributed by atoms with E-state index in [1.54, 1.807) is 0 Å². The van der Waals surface area contributed by atoms with Crippen LogP contribution >= 0.6 is 0 Å². The first-order chi connectivity index (χ1) is 7.74. The van der Waals surface area contributed by atoms with Gasteiger partial charge in [-0.25, -0.2) is 0 Å². The Morgan fingerprint density at radius 2 is 2.25 bits per heavy atom. The summed E-state index contributed by atoms with van der Waals surface area (Å²) in [6, 6.07) is 1.12. The number of hydrogen-bond donors (Lipinski definition) is 1. The molecule has 0 saturated carbocycles. The summed E-state index contributed by atoms with van der Waals surface area (Å²) in [6.45, 7) is 5.98. The van der Waals surface area contributed by atoms with E-state index in [4.69, 9.17) is 10.5 Å². The number of hydrogen-bond acceptors (Lipinski definition) is 4. The number of aromatic nitrogens is 2. The van der Waals surface area contributed by atoms with Gasteiger partial charge in [-0.3, -0.25) is 9.58 Å². The Morgan fingerprint density at radius 1 is 1.44 bits per heavy atom. The Bertz CT molecular complexity index is 366. The van der Waals surface area contributed by atoms with Crippen LogP contribution in [-0.2, 0) is 4.74 Å². The molecule has 88 valence electrons. The van der Waals surface area contributed by atoms with Crippen LogP contribution in [-0.4, -0.2) is 47.0 Å². The van der Waals surface area contributed by atoms with E-state index in [0.717, 1.165) is 44.1 Å². The second-order valence-corrected chi connectivity index (χ2v) is 4.78. The van der Waals surface area contributed by atoms with Crippen LogP contribution in [0.2, 0.25) is 0 Å². The molecule has 0 amide bonds. The van der Waals surface area contributed by atoms with E-state index in [2.05, 4.69) is 10.00 Å². The number of nitrogens with zero attached hydrogens (tertiary/aromatic N) is 3. The molecule has 5 nitrogen and oxygen atoms in total. The van der Waals surface area contributed by atoms with Gasteiger partial charge in [0.25, 0.3) is 0 Å². The van der Waals surface area contributed by atoms with Gasteiger partial charge in [-0.1, -0.05) is 0 Å². The molecule has 3 rings (SSSR count). The smallest absolute Gasteiger partial charge is 0.0823 e. The summed E-state index contributed by atoms with van der Waals surface area (Å²) < 4.78 is 7.26. The second-order valence-electron chi connectivity index (χ2n) is 4.78. The number of aryl methyl sites for hydroxylation is 1. The van der Waals surface area contributed by atoms with Gasteiger partial charge < -0.3 is 10.5 Å². The van der Waals surface area contributed by atoms with Crippen molar-refractivity contribution in [1.82, 2.24) is 14.7 Å². The zero-order chi connectivity index (χ0) is 11.1. The molecule has 0 bridgehead atoms. The van der Waals surface area contributed by atoms with Crippen LogP contribution in [0.3, 0.4) is 0 Å². The monoisotopic (exact) mass is 222 g/mol. The van der Waals surface area contributed by atoms with Crippen molar-refractivity contribution in [1.29, 1.82) is 0 Å².